The van der Waals surface area contributed by atoms with Crippen molar-refractivity contribution in [2.75, 3.05) is 23.3 Å². The molecule has 3 aromatic rings. The largest absolute Gasteiger partial charge is 0.480 e. The summed E-state index contributed by atoms with van der Waals surface area (Å²) < 4.78 is 0. The second-order valence-electron chi connectivity index (χ2n) is 9.31. The number of hydrogen-bond acceptors (Lipinski definition) is 13. The third kappa shape index (κ3) is 9.36. The molecule has 2 aromatic heterocycles. The molecule has 0 aliphatic heterocycles. The Morgan fingerprint density at radius 2 is 1.68 bits per heavy atom. The number of rotatable bonds is 15. The van der Waals surface area contributed by atoms with Crippen molar-refractivity contribution in [2.45, 2.75) is 37.5 Å². The van der Waals surface area contributed by atoms with Crippen LogP contribution in [-0.2, 0) is 25.7 Å². The molecule has 0 radical (unpaired) electrons. The standard InChI is InChI=1S/C25H30N10O8S/c26-14(21(38)33-16(10-44)24(42)43)9-29-17(36)6-5-15(23(40)41)32-20(37)11-1-3-12(4-2-11)28-7-13-8-30-19-18(31-13)22(39)35-25(27)34-19/h1-4,8,14-16,28,44H,5-7,9-10,26H2,(H,29,36)(H,32,37)(H,33,38)(H,40,41)(H,42,43)(H3,27,30,34,35,39). The number of anilines is 2. The highest BCUT2D eigenvalue weighted by molar-refractivity contribution is 7.80. The van der Waals surface area contributed by atoms with Crippen LogP contribution in [0.5, 0.6) is 0 Å². The van der Waals surface area contributed by atoms with E-state index in [0.29, 0.717) is 11.4 Å². The molecule has 18 nitrogen and oxygen atoms in total. The fraction of sp³-hybridized carbons (Fsp3) is 0.320. The summed E-state index contributed by atoms with van der Waals surface area (Å²) in [6.45, 7) is -0.137. The number of nitrogens with zero attached hydrogens (tertiary/aromatic N) is 3. The van der Waals surface area contributed by atoms with E-state index < -0.39 is 53.3 Å². The van der Waals surface area contributed by atoms with Crippen LogP contribution in [0.25, 0.3) is 11.2 Å². The molecule has 11 N–H and O–H groups in total. The Morgan fingerprint density at radius 1 is 1.00 bits per heavy atom. The molecule has 3 rings (SSSR count). The number of nitrogens with one attached hydrogen (secondary N) is 5. The van der Waals surface area contributed by atoms with Crippen molar-refractivity contribution in [3.05, 3.63) is 52.1 Å². The van der Waals surface area contributed by atoms with Gasteiger partial charge >= 0.3 is 11.9 Å². The Kier molecular flexibility index (Phi) is 11.5. The summed E-state index contributed by atoms with van der Waals surface area (Å²) in [5, 5.41) is 28.5. The van der Waals surface area contributed by atoms with Gasteiger partial charge in [0.05, 0.1) is 18.4 Å². The van der Waals surface area contributed by atoms with Gasteiger partial charge in [-0.05, 0) is 30.7 Å². The van der Waals surface area contributed by atoms with E-state index in [2.05, 4.69) is 53.8 Å². The summed E-state index contributed by atoms with van der Waals surface area (Å²) >= 11 is 3.83. The predicted molar refractivity (Wildman–Crippen MR) is 159 cm³/mol. The molecule has 234 valence electrons. The molecule has 0 fully saturated rings. The first-order valence-corrected chi connectivity index (χ1v) is 13.6. The number of thiol groups is 1. The first-order valence-electron chi connectivity index (χ1n) is 12.9. The van der Waals surface area contributed by atoms with Gasteiger partial charge in [-0.1, -0.05) is 0 Å². The highest BCUT2D eigenvalue weighted by Gasteiger charge is 2.24. The normalized spacial score (nSPS) is 12.9. The number of nitrogens with two attached hydrogens (primary N) is 2. The fourth-order valence-electron chi connectivity index (χ4n) is 3.63. The van der Waals surface area contributed by atoms with Gasteiger partial charge in [-0.2, -0.15) is 17.6 Å². The van der Waals surface area contributed by atoms with Crippen LogP contribution >= 0.6 is 12.6 Å². The van der Waals surface area contributed by atoms with Gasteiger partial charge in [0, 0.05) is 30.0 Å². The quantitative estimate of drug-likeness (QED) is 0.0798. The van der Waals surface area contributed by atoms with Crippen molar-refractivity contribution in [2.24, 2.45) is 5.73 Å². The number of carbonyl (C=O) groups is 5. The number of aromatic nitrogens is 4. The monoisotopic (exact) mass is 630 g/mol. The van der Waals surface area contributed by atoms with Gasteiger partial charge in [0.1, 0.15) is 18.1 Å². The third-order valence-corrected chi connectivity index (χ3v) is 6.39. The number of carbonyl (C=O) groups excluding carboxylic acids is 3. The van der Waals surface area contributed by atoms with E-state index in [-0.39, 0.29) is 54.4 Å². The molecule has 2 heterocycles. The Hall–Kier alpha value is -5.30. The van der Waals surface area contributed by atoms with Gasteiger partial charge in [-0.15, -0.1) is 0 Å². The van der Waals surface area contributed by atoms with E-state index in [0.717, 1.165) is 0 Å². The SMILES string of the molecule is Nc1nc2ncc(CNc3ccc(C(=O)NC(CCC(=O)NCC(N)C(=O)NC(CS)C(=O)O)C(=O)O)cc3)nc2c(=O)[nH]1. The third-order valence-electron chi connectivity index (χ3n) is 6.02. The average molecular weight is 631 g/mol. The maximum atomic E-state index is 12.7. The van der Waals surface area contributed by atoms with E-state index in [9.17, 15) is 33.9 Å². The molecule has 19 heteroatoms. The smallest absolute Gasteiger partial charge is 0.327 e. The van der Waals surface area contributed by atoms with E-state index in [1.165, 1.54) is 18.3 Å². The van der Waals surface area contributed by atoms with Crippen LogP contribution in [0.3, 0.4) is 0 Å². The molecule has 3 atom stereocenters. The summed E-state index contributed by atoms with van der Waals surface area (Å²) in [7, 11) is 0. The van der Waals surface area contributed by atoms with Crippen LogP contribution in [-0.4, -0.2) is 90.2 Å². The summed E-state index contributed by atoms with van der Waals surface area (Å²) in [6.07, 6.45) is 0.865. The molecule has 0 aliphatic carbocycles. The lowest BCUT2D eigenvalue weighted by Gasteiger charge is -2.17. The average Bonchev–Trinajstić information content (AvgIpc) is 2.99. The van der Waals surface area contributed by atoms with Gasteiger partial charge in [0.25, 0.3) is 11.5 Å². The summed E-state index contributed by atoms with van der Waals surface area (Å²) in [5.74, 6) is -5.02. The molecule has 0 bridgehead atoms. The van der Waals surface area contributed by atoms with Gasteiger partial charge in [0.2, 0.25) is 17.8 Å². The lowest BCUT2D eigenvalue weighted by atomic mass is 10.1. The Labute approximate surface area is 253 Å². The minimum absolute atomic E-state index is 0.0301. The summed E-state index contributed by atoms with van der Waals surface area (Å²) in [5.41, 5.74) is 12.0. The van der Waals surface area contributed by atoms with Crippen LogP contribution < -0.4 is 38.3 Å². The van der Waals surface area contributed by atoms with Crippen molar-refractivity contribution >= 4 is 65.1 Å². The number of fused-ring (bicyclic) bond motifs is 1. The molecule has 3 unspecified atom stereocenters. The van der Waals surface area contributed by atoms with E-state index in [1.54, 1.807) is 12.1 Å². The second kappa shape index (κ2) is 15.3. The number of carboxylic acids is 2. The molecule has 1 aromatic carbocycles. The Bertz CT molecular complexity index is 1600. The molecular weight excluding hydrogens is 600 g/mol. The zero-order valence-electron chi connectivity index (χ0n) is 22.9. The van der Waals surface area contributed by atoms with Crippen molar-refractivity contribution in [3.8, 4) is 0 Å². The lowest BCUT2D eigenvalue weighted by Crippen LogP contribution is -2.53. The highest BCUT2D eigenvalue weighted by Crippen LogP contribution is 2.12. The zero-order valence-corrected chi connectivity index (χ0v) is 23.8. The van der Waals surface area contributed by atoms with Crippen LogP contribution in [0.2, 0.25) is 0 Å². The number of aliphatic carboxylic acids is 2. The van der Waals surface area contributed by atoms with Crippen molar-refractivity contribution < 1.29 is 34.2 Å². The van der Waals surface area contributed by atoms with Crippen molar-refractivity contribution in [3.63, 3.8) is 0 Å². The topological polar surface area (TPSA) is 298 Å². The molecule has 44 heavy (non-hydrogen) atoms. The number of carboxylic acid groups (broad SMARTS) is 2. The first-order chi connectivity index (χ1) is 20.9. The van der Waals surface area contributed by atoms with E-state index in [1.807, 2.05) is 0 Å². The summed E-state index contributed by atoms with van der Waals surface area (Å²) in [4.78, 5) is 86.1. The molecule has 0 spiro atoms. The molecule has 0 saturated carbocycles. The van der Waals surface area contributed by atoms with Crippen LogP contribution in [0, 0.1) is 0 Å². The minimum atomic E-state index is -1.39. The van der Waals surface area contributed by atoms with Crippen LogP contribution in [0.4, 0.5) is 11.6 Å². The first kappa shape index (κ1) is 33.2. The maximum Gasteiger partial charge on any atom is 0.327 e. The van der Waals surface area contributed by atoms with Crippen LogP contribution in [0.1, 0.15) is 28.9 Å². The van der Waals surface area contributed by atoms with Gasteiger partial charge < -0.3 is 42.9 Å². The second-order valence-corrected chi connectivity index (χ2v) is 9.68. The highest BCUT2D eigenvalue weighted by atomic mass is 32.1. The number of H-pyrrole nitrogens is 1. The maximum absolute atomic E-state index is 12.7. The lowest BCUT2D eigenvalue weighted by molar-refractivity contribution is -0.141. The van der Waals surface area contributed by atoms with Crippen molar-refractivity contribution in [1.29, 1.82) is 0 Å². The molecule has 0 saturated heterocycles. The number of benzene rings is 1. The van der Waals surface area contributed by atoms with Gasteiger partial charge in [-0.3, -0.25) is 24.2 Å². The number of nitrogen functional groups attached to an aromatic ring is 1. The zero-order chi connectivity index (χ0) is 32.4. The summed E-state index contributed by atoms with van der Waals surface area (Å²) in [6, 6.07) is 2.18. The van der Waals surface area contributed by atoms with Crippen molar-refractivity contribution in [1.82, 2.24) is 35.9 Å². The van der Waals surface area contributed by atoms with Gasteiger partial charge in [-0.25, -0.2) is 19.6 Å². The molecule has 3 amide bonds. The molecular formula is C25H30N10O8S. The van der Waals surface area contributed by atoms with Gasteiger partial charge in [0.15, 0.2) is 11.2 Å². The van der Waals surface area contributed by atoms with Crippen LogP contribution in [0.15, 0.2) is 35.3 Å². The number of hydrogen-bond donors (Lipinski definition) is 10. The minimum Gasteiger partial charge on any atom is -0.480 e. The predicted octanol–water partition coefficient (Wildman–Crippen LogP) is -2.19. The van der Waals surface area contributed by atoms with E-state index in [4.69, 9.17) is 16.6 Å². The number of amides is 3. The van der Waals surface area contributed by atoms with E-state index >= 15 is 0 Å². The fourth-order valence-corrected chi connectivity index (χ4v) is 3.88. The Morgan fingerprint density at radius 3 is 2.32 bits per heavy atom. The number of aromatic amines is 1. The Balaban J connectivity index is 1.48. The molecule has 0 aliphatic rings.